The molecule has 0 heterocycles. The molecule has 0 fully saturated rings. The first kappa shape index (κ1) is 23.6. The summed E-state index contributed by atoms with van der Waals surface area (Å²) in [4.78, 5) is 12.4. The molecule has 0 aromatic heterocycles. The molecular formula is C24H23N3O5S. The van der Waals surface area contributed by atoms with E-state index in [1.807, 2.05) is 24.3 Å². The SMILES string of the molecule is COc1ccc(NC(=S)NN=Cc2ccc(OC(=O)c3ccc(OC)c(OC)c3)cc2)cc1. The number of methoxy groups -OCH3 is 3. The summed E-state index contributed by atoms with van der Waals surface area (Å²) in [6, 6.07) is 19.1. The first-order valence-electron chi connectivity index (χ1n) is 9.80. The van der Waals surface area contributed by atoms with E-state index in [1.54, 1.807) is 55.8 Å². The van der Waals surface area contributed by atoms with Crippen LogP contribution in [0.1, 0.15) is 15.9 Å². The Balaban J connectivity index is 1.52. The molecule has 33 heavy (non-hydrogen) atoms. The fourth-order valence-electron chi connectivity index (χ4n) is 2.75. The lowest BCUT2D eigenvalue weighted by molar-refractivity contribution is 0.0734. The second-order valence-electron chi connectivity index (χ2n) is 6.58. The number of carbonyl (C=O) groups excluding carboxylic acids is 1. The molecule has 0 saturated carbocycles. The summed E-state index contributed by atoms with van der Waals surface area (Å²) in [5.41, 5.74) is 4.70. The highest BCUT2D eigenvalue weighted by Gasteiger charge is 2.12. The fraction of sp³-hybridized carbons (Fsp3) is 0.125. The van der Waals surface area contributed by atoms with Crippen molar-refractivity contribution in [3.63, 3.8) is 0 Å². The molecule has 0 unspecified atom stereocenters. The van der Waals surface area contributed by atoms with Crippen LogP contribution in [0.4, 0.5) is 5.69 Å². The van der Waals surface area contributed by atoms with Crippen LogP contribution in [0.15, 0.2) is 71.8 Å². The maximum absolute atomic E-state index is 12.4. The average Bonchev–Trinajstić information content (AvgIpc) is 2.85. The molecule has 3 aromatic rings. The summed E-state index contributed by atoms with van der Waals surface area (Å²) in [5, 5.41) is 7.47. The van der Waals surface area contributed by atoms with E-state index < -0.39 is 5.97 Å². The van der Waals surface area contributed by atoms with Crippen molar-refractivity contribution < 1.29 is 23.7 Å². The van der Waals surface area contributed by atoms with Crippen LogP contribution in [-0.2, 0) is 0 Å². The Morgan fingerprint density at radius 3 is 2.15 bits per heavy atom. The monoisotopic (exact) mass is 465 g/mol. The van der Waals surface area contributed by atoms with Crippen molar-refractivity contribution in [1.82, 2.24) is 5.43 Å². The molecule has 0 radical (unpaired) electrons. The van der Waals surface area contributed by atoms with Gasteiger partial charge in [0.05, 0.1) is 33.1 Å². The van der Waals surface area contributed by atoms with Gasteiger partial charge in [0.25, 0.3) is 0 Å². The van der Waals surface area contributed by atoms with Crippen molar-refractivity contribution in [2.45, 2.75) is 0 Å². The van der Waals surface area contributed by atoms with Gasteiger partial charge in [0.15, 0.2) is 16.6 Å². The summed E-state index contributed by atoms with van der Waals surface area (Å²) in [5.74, 6) is 1.64. The predicted octanol–water partition coefficient (Wildman–Crippen LogP) is 4.25. The third-order valence-corrected chi connectivity index (χ3v) is 4.63. The quantitative estimate of drug-likeness (QED) is 0.168. The summed E-state index contributed by atoms with van der Waals surface area (Å²) in [7, 11) is 4.64. The lowest BCUT2D eigenvalue weighted by atomic mass is 10.2. The number of rotatable bonds is 8. The van der Waals surface area contributed by atoms with E-state index in [-0.39, 0.29) is 0 Å². The van der Waals surface area contributed by atoms with Gasteiger partial charge in [-0.2, -0.15) is 5.10 Å². The molecular weight excluding hydrogens is 442 g/mol. The average molecular weight is 466 g/mol. The Bertz CT molecular complexity index is 1130. The molecule has 0 saturated heterocycles. The van der Waals surface area contributed by atoms with Crippen molar-refractivity contribution in [3.8, 4) is 23.0 Å². The Kier molecular flexibility index (Phi) is 8.20. The second kappa shape index (κ2) is 11.5. The van der Waals surface area contributed by atoms with E-state index in [2.05, 4.69) is 15.8 Å². The molecule has 0 aliphatic carbocycles. The van der Waals surface area contributed by atoms with Crippen LogP contribution in [0.2, 0.25) is 0 Å². The van der Waals surface area contributed by atoms with Crippen LogP contribution in [0.25, 0.3) is 0 Å². The smallest absolute Gasteiger partial charge is 0.343 e. The van der Waals surface area contributed by atoms with Gasteiger partial charge < -0.3 is 24.3 Å². The zero-order valence-electron chi connectivity index (χ0n) is 18.3. The van der Waals surface area contributed by atoms with Crippen LogP contribution in [0, 0.1) is 0 Å². The van der Waals surface area contributed by atoms with E-state index in [0.717, 1.165) is 17.0 Å². The van der Waals surface area contributed by atoms with Gasteiger partial charge in [-0.25, -0.2) is 4.79 Å². The molecule has 0 amide bonds. The minimum atomic E-state index is -0.506. The van der Waals surface area contributed by atoms with Gasteiger partial charge in [0.2, 0.25) is 0 Å². The number of hydrogen-bond acceptors (Lipinski definition) is 7. The standard InChI is InChI=1S/C24H23N3O5S/c1-29-19-11-7-18(8-12-19)26-24(33)27-25-15-16-4-9-20(10-5-16)32-23(28)17-6-13-21(30-2)22(14-17)31-3/h4-15H,1-3H3,(H2,26,27,33). The van der Waals surface area contributed by atoms with Crippen molar-refractivity contribution in [2.24, 2.45) is 5.10 Å². The molecule has 9 heteroatoms. The van der Waals surface area contributed by atoms with Crippen LogP contribution >= 0.6 is 12.2 Å². The molecule has 0 bridgehead atoms. The lowest BCUT2D eigenvalue weighted by Gasteiger charge is -2.09. The molecule has 0 atom stereocenters. The summed E-state index contributed by atoms with van der Waals surface area (Å²) in [6.45, 7) is 0. The lowest BCUT2D eigenvalue weighted by Crippen LogP contribution is -2.23. The summed E-state index contributed by atoms with van der Waals surface area (Å²) in [6.07, 6.45) is 1.60. The van der Waals surface area contributed by atoms with Crippen molar-refractivity contribution in [3.05, 3.63) is 77.9 Å². The van der Waals surface area contributed by atoms with Gasteiger partial charge >= 0.3 is 5.97 Å². The van der Waals surface area contributed by atoms with Crippen molar-refractivity contribution in [2.75, 3.05) is 26.6 Å². The molecule has 8 nitrogen and oxygen atoms in total. The third-order valence-electron chi connectivity index (χ3n) is 4.44. The highest BCUT2D eigenvalue weighted by molar-refractivity contribution is 7.80. The van der Waals surface area contributed by atoms with Gasteiger partial charge in [0, 0.05) is 5.69 Å². The Morgan fingerprint density at radius 1 is 0.848 bits per heavy atom. The second-order valence-corrected chi connectivity index (χ2v) is 6.99. The zero-order valence-corrected chi connectivity index (χ0v) is 19.1. The van der Waals surface area contributed by atoms with E-state index >= 15 is 0 Å². The highest BCUT2D eigenvalue weighted by Crippen LogP contribution is 2.28. The number of anilines is 1. The Morgan fingerprint density at radius 2 is 1.52 bits per heavy atom. The van der Waals surface area contributed by atoms with E-state index in [9.17, 15) is 4.79 Å². The topological polar surface area (TPSA) is 90.4 Å². The van der Waals surface area contributed by atoms with E-state index in [0.29, 0.717) is 27.9 Å². The van der Waals surface area contributed by atoms with Crippen LogP contribution in [0.3, 0.4) is 0 Å². The van der Waals surface area contributed by atoms with Gasteiger partial charge in [-0.3, -0.25) is 5.43 Å². The van der Waals surface area contributed by atoms with Crippen LogP contribution in [0.5, 0.6) is 23.0 Å². The molecule has 170 valence electrons. The number of hydrazone groups is 1. The largest absolute Gasteiger partial charge is 0.497 e. The van der Waals surface area contributed by atoms with Crippen LogP contribution in [-0.4, -0.2) is 38.6 Å². The number of nitrogens with zero attached hydrogens (tertiary/aromatic N) is 1. The van der Waals surface area contributed by atoms with Crippen molar-refractivity contribution in [1.29, 1.82) is 0 Å². The van der Waals surface area contributed by atoms with Gasteiger partial charge in [-0.15, -0.1) is 0 Å². The number of carbonyl (C=O) groups is 1. The molecule has 0 spiro atoms. The molecule has 3 rings (SSSR count). The van der Waals surface area contributed by atoms with Gasteiger partial charge in [-0.1, -0.05) is 0 Å². The van der Waals surface area contributed by atoms with Crippen molar-refractivity contribution >= 4 is 35.2 Å². The zero-order chi connectivity index (χ0) is 23.6. The Labute approximate surface area is 197 Å². The molecule has 2 N–H and O–H groups in total. The normalized spacial score (nSPS) is 10.4. The van der Waals surface area contributed by atoms with Gasteiger partial charge in [0.1, 0.15) is 11.5 Å². The first-order chi connectivity index (χ1) is 16.0. The fourth-order valence-corrected chi connectivity index (χ4v) is 2.92. The number of esters is 1. The van der Waals surface area contributed by atoms with E-state index in [4.69, 9.17) is 31.2 Å². The molecule has 0 aliphatic rings. The van der Waals surface area contributed by atoms with E-state index in [1.165, 1.54) is 14.2 Å². The summed E-state index contributed by atoms with van der Waals surface area (Å²) < 4.78 is 20.9. The summed E-state index contributed by atoms with van der Waals surface area (Å²) >= 11 is 5.22. The number of hydrogen-bond donors (Lipinski definition) is 2. The predicted molar refractivity (Wildman–Crippen MR) is 131 cm³/mol. The Hall–Kier alpha value is -4.11. The minimum Gasteiger partial charge on any atom is -0.497 e. The maximum Gasteiger partial charge on any atom is 0.343 e. The first-order valence-corrected chi connectivity index (χ1v) is 10.2. The number of thiocarbonyl (C=S) groups is 1. The number of benzene rings is 3. The highest BCUT2D eigenvalue weighted by atomic mass is 32.1. The maximum atomic E-state index is 12.4. The van der Waals surface area contributed by atoms with Crippen LogP contribution < -0.4 is 29.7 Å². The minimum absolute atomic E-state index is 0.344. The number of ether oxygens (including phenoxy) is 4. The van der Waals surface area contributed by atoms with Gasteiger partial charge in [-0.05, 0) is 84.5 Å². The molecule has 3 aromatic carbocycles. The third kappa shape index (κ3) is 6.68. The molecule has 0 aliphatic heterocycles. The number of nitrogens with one attached hydrogen (secondary N) is 2.